The van der Waals surface area contributed by atoms with E-state index in [0.717, 1.165) is 16.7 Å². The molecular weight excluding hydrogens is 438 g/mol. The van der Waals surface area contributed by atoms with E-state index in [2.05, 4.69) is 4.72 Å². The Bertz CT molecular complexity index is 1110. The summed E-state index contributed by atoms with van der Waals surface area (Å²) in [6.45, 7) is 1.25. The number of nitrogens with one attached hydrogen (secondary N) is 1. The number of hydrogen-bond acceptors (Lipinski definition) is 5. The summed E-state index contributed by atoms with van der Waals surface area (Å²) in [4.78, 5) is 12.4. The summed E-state index contributed by atoms with van der Waals surface area (Å²) in [5.41, 5.74) is 2.82. The predicted octanol–water partition coefficient (Wildman–Crippen LogP) is 3.78. The van der Waals surface area contributed by atoms with Crippen molar-refractivity contribution in [1.82, 2.24) is 4.72 Å². The Hall–Kier alpha value is -2.71. The highest BCUT2D eigenvalue weighted by molar-refractivity contribution is 7.89. The molecule has 2 N–H and O–H groups in total. The van der Waals surface area contributed by atoms with Crippen LogP contribution in [0.3, 0.4) is 0 Å². The molecule has 2 atom stereocenters. The van der Waals surface area contributed by atoms with E-state index in [1.165, 1.54) is 31.2 Å². The van der Waals surface area contributed by atoms with Crippen molar-refractivity contribution < 1.29 is 23.1 Å². The van der Waals surface area contributed by atoms with Crippen LogP contribution in [-0.2, 0) is 26.2 Å². The Morgan fingerprint density at radius 1 is 0.968 bits per heavy atom. The van der Waals surface area contributed by atoms with Crippen molar-refractivity contribution in [3.8, 4) is 11.1 Å². The van der Waals surface area contributed by atoms with E-state index in [4.69, 9.17) is 16.3 Å². The van der Waals surface area contributed by atoms with Crippen LogP contribution in [-0.4, -0.2) is 31.6 Å². The van der Waals surface area contributed by atoms with Gasteiger partial charge in [0.1, 0.15) is 12.6 Å². The molecule has 0 spiro atoms. The second-order valence-electron chi connectivity index (χ2n) is 6.96. The lowest BCUT2D eigenvalue weighted by molar-refractivity contribution is -0.149. The number of ether oxygens (including phenoxy) is 1. The molecule has 0 bridgehead atoms. The molecule has 0 aromatic heterocycles. The summed E-state index contributed by atoms with van der Waals surface area (Å²) < 4.78 is 32.5. The van der Waals surface area contributed by atoms with Crippen LogP contribution in [0.4, 0.5) is 0 Å². The zero-order valence-electron chi connectivity index (χ0n) is 16.7. The number of carbonyl (C=O) groups excluding carboxylic acids is 1. The van der Waals surface area contributed by atoms with Crippen molar-refractivity contribution in [3.63, 3.8) is 0 Å². The topological polar surface area (TPSA) is 92.7 Å². The van der Waals surface area contributed by atoms with Crippen molar-refractivity contribution in [2.75, 3.05) is 0 Å². The Kier molecular flexibility index (Phi) is 7.46. The molecule has 3 rings (SSSR count). The zero-order valence-corrected chi connectivity index (χ0v) is 18.3. The summed E-state index contributed by atoms with van der Waals surface area (Å²) in [7, 11) is -4.05. The summed E-state index contributed by atoms with van der Waals surface area (Å²) in [5.74, 6) is -0.875. The molecule has 162 valence electrons. The van der Waals surface area contributed by atoms with E-state index in [1.54, 1.807) is 0 Å². The first-order valence-corrected chi connectivity index (χ1v) is 11.4. The third kappa shape index (κ3) is 6.15. The quantitative estimate of drug-likeness (QED) is 0.500. The fourth-order valence-corrected chi connectivity index (χ4v) is 4.24. The molecule has 0 aliphatic carbocycles. The van der Waals surface area contributed by atoms with Crippen molar-refractivity contribution in [2.45, 2.75) is 30.6 Å². The van der Waals surface area contributed by atoms with Crippen LogP contribution in [0.5, 0.6) is 0 Å². The fourth-order valence-electron chi connectivity index (χ4n) is 2.86. The Morgan fingerprint density at radius 2 is 1.55 bits per heavy atom. The molecule has 3 aromatic rings. The average Bonchev–Trinajstić information content (AvgIpc) is 2.77. The van der Waals surface area contributed by atoms with E-state index < -0.39 is 28.1 Å². The second kappa shape index (κ2) is 10.1. The van der Waals surface area contributed by atoms with Crippen molar-refractivity contribution in [1.29, 1.82) is 0 Å². The number of aliphatic hydroxyl groups excluding tert-OH is 1. The second-order valence-corrected chi connectivity index (χ2v) is 9.11. The number of benzene rings is 3. The molecule has 0 radical (unpaired) electrons. The Labute approximate surface area is 186 Å². The van der Waals surface area contributed by atoms with Gasteiger partial charge in [-0.15, -0.1) is 0 Å². The molecule has 31 heavy (non-hydrogen) atoms. The minimum Gasteiger partial charge on any atom is -0.460 e. The van der Waals surface area contributed by atoms with E-state index in [1.807, 2.05) is 54.6 Å². The first-order valence-electron chi connectivity index (χ1n) is 9.53. The lowest BCUT2D eigenvalue weighted by atomic mass is 10.0. The standard InChI is InChI=1S/C23H22ClNO5S/c1-16(26)22(25-31(28,29)21-13-11-20(24)12-14-21)23(27)30-15-17-7-9-19(10-8-17)18-5-3-2-4-6-18/h2-14,16,22,25-26H,15H2,1H3/t16-,22-/m1/s1. The highest BCUT2D eigenvalue weighted by Gasteiger charge is 2.31. The highest BCUT2D eigenvalue weighted by atomic mass is 35.5. The van der Waals surface area contributed by atoms with Gasteiger partial charge in [-0.05, 0) is 47.9 Å². The maximum Gasteiger partial charge on any atom is 0.327 e. The SMILES string of the molecule is C[C@@H](O)[C@@H](NS(=O)(=O)c1ccc(Cl)cc1)C(=O)OCc1ccc(-c2ccccc2)cc1. The van der Waals surface area contributed by atoms with Gasteiger partial charge in [-0.25, -0.2) is 8.42 Å². The van der Waals surface area contributed by atoms with E-state index >= 15 is 0 Å². The smallest absolute Gasteiger partial charge is 0.327 e. The number of esters is 1. The summed E-state index contributed by atoms with van der Waals surface area (Å²) in [5, 5.41) is 10.3. The van der Waals surface area contributed by atoms with Gasteiger partial charge in [0.15, 0.2) is 0 Å². The van der Waals surface area contributed by atoms with Crippen LogP contribution in [0.15, 0.2) is 83.8 Å². The number of aliphatic hydroxyl groups is 1. The molecule has 0 saturated heterocycles. The van der Waals surface area contributed by atoms with Crippen LogP contribution >= 0.6 is 11.6 Å². The molecule has 6 nitrogen and oxygen atoms in total. The summed E-state index contributed by atoms with van der Waals surface area (Å²) in [6, 6.07) is 21.3. The van der Waals surface area contributed by atoms with Gasteiger partial charge >= 0.3 is 5.97 Å². The molecule has 0 aliphatic rings. The van der Waals surface area contributed by atoms with E-state index in [-0.39, 0.29) is 11.5 Å². The lowest BCUT2D eigenvalue weighted by Gasteiger charge is -2.20. The lowest BCUT2D eigenvalue weighted by Crippen LogP contribution is -2.48. The van der Waals surface area contributed by atoms with Crippen molar-refractivity contribution in [3.05, 3.63) is 89.4 Å². The first-order chi connectivity index (χ1) is 14.8. The van der Waals surface area contributed by atoms with Crippen LogP contribution < -0.4 is 4.72 Å². The molecule has 0 fully saturated rings. The van der Waals surface area contributed by atoms with Gasteiger partial charge in [-0.2, -0.15) is 4.72 Å². The fraction of sp³-hybridized carbons (Fsp3) is 0.174. The van der Waals surface area contributed by atoms with E-state index in [0.29, 0.717) is 5.02 Å². The minimum atomic E-state index is -4.05. The Morgan fingerprint density at radius 3 is 2.13 bits per heavy atom. The zero-order chi connectivity index (χ0) is 22.4. The first kappa shape index (κ1) is 23.0. The predicted molar refractivity (Wildman–Crippen MR) is 119 cm³/mol. The molecule has 0 heterocycles. The van der Waals surface area contributed by atoms with Crippen LogP contribution in [0.1, 0.15) is 12.5 Å². The molecule has 0 amide bonds. The van der Waals surface area contributed by atoms with Gasteiger partial charge in [-0.1, -0.05) is 66.2 Å². The third-order valence-electron chi connectivity index (χ3n) is 4.58. The minimum absolute atomic E-state index is 0.0558. The van der Waals surface area contributed by atoms with Gasteiger partial charge < -0.3 is 9.84 Å². The van der Waals surface area contributed by atoms with Gasteiger partial charge in [0, 0.05) is 5.02 Å². The van der Waals surface area contributed by atoms with Gasteiger partial charge in [0.2, 0.25) is 10.0 Å². The van der Waals surface area contributed by atoms with Crippen molar-refractivity contribution >= 4 is 27.6 Å². The van der Waals surface area contributed by atoms with Crippen LogP contribution in [0.2, 0.25) is 5.02 Å². The van der Waals surface area contributed by atoms with E-state index in [9.17, 15) is 18.3 Å². The monoisotopic (exact) mass is 459 g/mol. The summed E-state index contributed by atoms with van der Waals surface area (Å²) >= 11 is 5.78. The van der Waals surface area contributed by atoms with Crippen LogP contribution in [0.25, 0.3) is 11.1 Å². The Balaban J connectivity index is 1.65. The number of sulfonamides is 1. The maximum atomic E-state index is 12.5. The average molecular weight is 460 g/mol. The molecule has 0 saturated carbocycles. The third-order valence-corrected chi connectivity index (χ3v) is 6.29. The summed E-state index contributed by atoms with van der Waals surface area (Å²) in [6.07, 6.45) is -1.30. The number of rotatable bonds is 8. The molecular formula is C23H22ClNO5S. The molecule has 3 aromatic carbocycles. The molecule has 0 unspecified atom stereocenters. The van der Waals surface area contributed by atoms with Gasteiger partial charge in [0.05, 0.1) is 11.0 Å². The van der Waals surface area contributed by atoms with Gasteiger partial charge in [0.25, 0.3) is 0 Å². The number of halogens is 1. The molecule has 8 heteroatoms. The van der Waals surface area contributed by atoms with Crippen molar-refractivity contribution in [2.24, 2.45) is 0 Å². The highest BCUT2D eigenvalue weighted by Crippen LogP contribution is 2.20. The number of carbonyl (C=O) groups is 1. The van der Waals surface area contributed by atoms with Gasteiger partial charge in [-0.3, -0.25) is 4.79 Å². The number of hydrogen-bond donors (Lipinski definition) is 2. The largest absolute Gasteiger partial charge is 0.460 e. The molecule has 0 aliphatic heterocycles. The normalized spacial score (nSPS) is 13.4. The van der Waals surface area contributed by atoms with Crippen LogP contribution in [0, 0.1) is 0 Å². The maximum absolute atomic E-state index is 12.5.